The minimum absolute atomic E-state index is 0.321. The van der Waals surface area contributed by atoms with Crippen molar-refractivity contribution in [3.63, 3.8) is 0 Å². The standard InChI is InChI=1S/C10H13N3OS/c11-10(15)8-2-1-3-9(13-8)12-7-4-5-14-6-7/h1-3,7H,4-6H2,(H2,11,15)(H,12,13). The van der Waals surface area contributed by atoms with Crippen LogP contribution in [0.5, 0.6) is 0 Å². The summed E-state index contributed by atoms with van der Waals surface area (Å²) in [6.07, 6.45) is 1.01. The molecule has 5 heteroatoms. The Balaban J connectivity index is 2.07. The molecule has 1 saturated heterocycles. The molecule has 15 heavy (non-hydrogen) atoms. The van der Waals surface area contributed by atoms with Crippen LogP contribution in [0.4, 0.5) is 5.82 Å². The van der Waals surface area contributed by atoms with Crippen LogP contribution in [0.2, 0.25) is 0 Å². The first-order chi connectivity index (χ1) is 7.25. The Morgan fingerprint density at radius 3 is 3.13 bits per heavy atom. The summed E-state index contributed by atoms with van der Waals surface area (Å²) in [4.78, 5) is 4.62. The van der Waals surface area contributed by atoms with Crippen LogP contribution in [-0.4, -0.2) is 29.2 Å². The third-order valence-electron chi connectivity index (χ3n) is 2.28. The van der Waals surface area contributed by atoms with Crippen molar-refractivity contribution in [2.45, 2.75) is 12.5 Å². The Morgan fingerprint density at radius 1 is 1.60 bits per heavy atom. The van der Waals surface area contributed by atoms with Gasteiger partial charge in [0.25, 0.3) is 0 Å². The van der Waals surface area contributed by atoms with Crippen LogP contribution in [0.15, 0.2) is 18.2 Å². The monoisotopic (exact) mass is 223 g/mol. The van der Waals surface area contributed by atoms with Gasteiger partial charge in [-0.15, -0.1) is 0 Å². The fraction of sp³-hybridized carbons (Fsp3) is 0.400. The molecular weight excluding hydrogens is 210 g/mol. The zero-order valence-electron chi connectivity index (χ0n) is 8.27. The van der Waals surface area contributed by atoms with Crippen molar-refractivity contribution in [2.24, 2.45) is 5.73 Å². The van der Waals surface area contributed by atoms with Gasteiger partial charge in [0.15, 0.2) is 0 Å². The summed E-state index contributed by atoms with van der Waals surface area (Å²) in [5, 5.41) is 3.28. The van der Waals surface area contributed by atoms with E-state index in [2.05, 4.69) is 10.3 Å². The van der Waals surface area contributed by atoms with Gasteiger partial charge in [-0.05, 0) is 18.6 Å². The van der Waals surface area contributed by atoms with Gasteiger partial charge in [-0.2, -0.15) is 0 Å². The number of pyridine rings is 1. The Morgan fingerprint density at radius 2 is 2.47 bits per heavy atom. The Bertz CT molecular complexity index is 363. The first-order valence-corrected chi connectivity index (χ1v) is 5.27. The van der Waals surface area contributed by atoms with Crippen LogP contribution in [0, 0.1) is 0 Å². The van der Waals surface area contributed by atoms with E-state index in [0.29, 0.717) is 16.7 Å². The fourth-order valence-electron chi connectivity index (χ4n) is 1.51. The molecule has 0 spiro atoms. The molecule has 1 aliphatic heterocycles. The van der Waals surface area contributed by atoms with Gasteiger partial charge in [-0.3, -0.25) is 0 Å². The molecule has 2 heterocycles. The molecule has 0 amide bonds. The Labute approximate surface area is 93.8 Å². The van der Waals surface area contributed by atoms with Gasteiger partial charge in [-0.25, -0.2) is 4.98 Å². The third-order valence-corrected chi connectivity index (χ3v) is 2.49. The number of nitrogens with zero attached hydrogens (tertiary/aromatic N) is 1. The van der Waals surface area contributed by atoms with E-state index in [-0.39, 0.29) is 0 Å². The minimum Gasteiger partial charge on any atom is -0.388 e. The van der Waals surface area contributed by atoms with E-state index >= 15 is 0 Å². The lowest BCUT2D eigenvalue weighted by molar-refractivity contribution is 0.195. The van der Waals surface area contributed by atoms with Crippen LogP contribution in [0.25, 0.3) is 0 Å². The third kappa shape index (κ3) is 2.64. The van der Waals surface area contributed by atoms with E-state index in [1.54, 1.807) is 6.07 Å². The normalized spacial score (nSPS) is 20.1. The summed E-state index contributed by atoms with van der Waals surface area (Å²) in [7, 11) is 0. The molecule has 2 rings (SSSR count). The zero-order chi connectivity index (χ0) is 10.7. The van der Waals surface area contributed by atoms with Gasteiger partial charge in [-0.1, -0.05) is 18.3 Å². The minimum atomic E-state index is 0.321. The highest BCUT2D eigenvalue weighted by molar-refractivity contribution is 7.80. The molecule has 0 bridgehead atoms. The van der Waals surface area contributed by atoms with Crippen molar-refractivity contribution < 1.29 is 4.74 Å². The van der Waals surface area contributed by atoms with Crippen LogP contribution in [0.1, 0.15) is 12.1 Å². The largest absolute Gasteiger partial charge is 0.388 e. The van der Waals surface area contributed by atoms with Gasteiger partial charge in [0.1, 0.15) is 10.8 Å². The van der Waals surface area contributed by atoms with E-state index in [1.165, 1.54) is 0 Å². The van der Waals surface area contributed by atoms with E-state index in [9.17, 15) is 0 Å². The van der Waals surface area contributed by atoms with Gasteiger partial charge >= 0.3 is 0 Å². The van der Waals surface area contributed by atoms with Crippen LogP contribution >= 0.6 is 12.2 Å². The number of anilines is 1. The Hall–Kier alpha value is -1.20. The van der Waals surface area contributed by atoms with E-state index < -0.39 is 0 Å². The summed E-state index contributed by atoms with van der Waals surface area (Å²) in [6, 6.07) is 5.94. The molecule has 1 aromatic rings. The predicted molar refractivity (Wildman–Crippen MR) is 63.0 cm³/mol. The molecule has 0 aliphatic carbocycles. The maximum absolute atomic E-state index is 5.51. The SMILES string of the molecule is NC(=S)c1cccc(NC2CCOC2)n1. The molecule has 3 N–H and O–H groups in total. The molecule has 0 saturated carbocycles. The van der Waals surface area contributed by atoms with Crippen molar-refractivity contribution in [1.82, 2.24) is 4.98 Å². The highest BCUT2D eigenvalue weighted by Crippen LogP contribution is 2.11. The maximum Gasteiger partial charge on any atom is 0.127 e. The molecule has 0 aromatic carbocycles. The first kappa shape index (κ1) is 10.3. The van der Waals surface area contributed by atoms with Crippen LogP contribution in [0.3, 0.4) is 0 Å². The second-order valence-corrected chi connectivity index (χ2v) is 3.92. The van der Waals surface area contributed by atoms with Crippen LogP contribution in [-0.2, 0) is 4.74 Å². The molecule has 1 aromatic heterocycles. The van der Waals surface area contributed by atoms with Crippen molar-refractivity contribution in [2.75, 3.05) is 18.5 Å². The first-order valence-electron chi connectivity index (χ1n) is 4.87. The van der Waals surface area contributed by atoms with E-state index in [0.717, 1.165) is 25.5 Å². The predicted octanol–water partition coefficient (Wildman–Crippen LogP) is 0.917. The van der Waals surface area contributed by atoms with Crippen molar-refractivity contribution in [1.29, 1.82) is 0 Å². The van der Waals surface area contributed by atoms with Crippen molar-refractivity contribution in [3.05, 3.63) is 23.9 Å². The van der Waals surface area contributed by atoms with Crippen molar-refractivity contribution >= 4 is 23.0 Å². The van der Waals surface area contributed by atoms with E-state index in [4.69, 9.17) is 22.7 Å². The van der Waals surface area contributed by atoms with Crippen molar-refractivity contribution in [3.8, 4) is 0 Å². The smallest absolute Gasteiger partial charge is 0.127 e. The molecule has 80 valence electrons. The maximum atomic E-state index is 5.51. The highest BCUT2D eigenvalue weighted by atomic mass is 32.1. The van der Waals surface area contributed by atoms with Crippen LogP contribution < -0.4 is 11.1 Å². The molecule has 1 unspecified atom stereocenters. The summed E-state index contributed by atoms with van der Waals surface area (Å²) >= 11 is 4.87. The summed E-state index contributed by atoms with van der Waals surface area (Å²) in [5.74, 6) is 0.802. The number of ether oxygens (including phenoxy) is 1. The number of rotatable bonds is 3. The molecule has 0 radical (unpaired) electrons. The molecule has 1 atom stereocenters. The number of aromatic nitrogens is 1. The number of thiocarbonyl (C=S) groups is 1. The molecular formula is C10H13N3OS. The molecule has 4 nitrogen and oxygen atoms in total. The fourth-order valence-corrected chi connectivity index (χ4v) is 1.62. The Kier molecular flexibility index (Phi) is 3.13. The van der Waals surface area contributed by atoms with E-state index in [1.807, 2.05) is 12.1 Å². The topological polar surface area (TPSA) is 60.2 Å². The van der Waals surface area contributed by atoms with Gasteiger partial charge in [0, 0.05) is 6.61 Å². The summed E-state index contributed by atoms with van der Waals surface area (Å²) in [5.41, 5.74) is 6.15. The molecule has 1 fully saturated rings. The lowest BCUT2D eigenvalue weighted by atomic mass is 10.2. The lowest BCUT2D eigenvalue weighted by Crippen LogP contribution is -2.20. The summed E-state index contributed by atoms with van der Waals surface area (Å²) < 4.78 is 5.27. The molecule has 1 aliphatic rings. The lowest BCUT2D eigenvalue weighted by Gasteiger charge is -2.11. The second kappa shape index (κ2) is 4.55. The quantitative estimate of drug-likeness (QED) is 0.746. The average Bonchev–Trinajstić information content (AvgIpc) is 2.71. The number of nitrogens with two attached hydrogens (primary N) is 1. The van der Waals surface area contributed by atoms with Gasteiger partial charge < -0.3 is 15.8 Å². The second-order valence-electron chi connectivity index (χ2n) is 3.48. The number of hydrogen-bond donors (Lipinski definition) is 2. The number of hydrogen-bond acceptors (Lipinski definition) is 4. The zero-order valence-corrected chi connectivity index (χ0v) is 9.09. The summed E-state index contributed by atoms with van der Waals surface area (Å²) in [6.45, 7) is 1.55. The number of nitrogens with one attached hydrogen (secondary N) is 1. The highest BCUT2D eigenvalue weighted by Gasteiger charge is 2.15. The van der Waals surface area contributed by atoms with Gasteiger partial charge in [0.05, 0.1) is 18.3 Å². The average molecular weight is 223 g/mol. The van der Waals surface area contributed by atoms with Gasteiger partial charge in [0.2, 0.25) is 0 Å².